The first-order valence-corrected chi connectivity index (χ1v) is 5.80. The second kappa shape index (κ2) is 4.37. The topological polar surface area (TPSA) is 75.3 Å². The van der Waals surface area contributed by atoms with Gasteiger partial charge >= 0.3 is 5.97 Å². The maximum Gasteiger partial charge on any atom is 0.303 e. The van der Waals surface area contributed by atoms with Crippen molar-refractivity contribution in [3.63, 3.8) is 0 Å². The van der Waals surface area contributed by atoms with Gasteiger partial charge in [-0.15, -0.1) is 0 Å². The van der Waals surface area contributed by atoms with Crippen molar-refractivity contribution in [3.05, 3.63) is 29.3 Å². The summed E-state index contributed by atoms with van der Waals surface area (Å²) < 4.78 is 0. The fraction of sp³-hybridized carbons (Fsp3) is 0.462. The van der Waals surface area contributed by atoms with E-state index in [4.69, 9.17) is 10.8 Å². The lowest BCUT2D eigenvalue weighted by atomic mass is 9.81. The smallest absolute Gasteiger partial charge is 0.303 e. The fourth-order valence-corrected chi connectivity index (χ4v) is 2.65. The third-order valence-electron chi connectivity index (χ3n) is 3.59. The second-order valence-corrected chi connectivity index (χ2v) is 4.86. The van der Waals surface area contributed by atoms with E-state index in [1.54, 1.807) is 0 Å². The molecule has 0 radical (unpaired) electrons. The third-order valence-corrected chi connectivity index (χ3v) is 3.59. The molecule has 1 aliphatic rings. The predicted molar refractivity (Wildman–Crippen MR) is 67.1 cm³/mol. The molecule has 1 aromatic rings. The Labute approximate surface area is 101 Å². The van der Waals surface area contributed by atoms with Gasteiger partial charge in [-0.3, -0.25) is 4.79 Å². The van der Waals surface area contributed by atoms with Crippen LogP contribution in [0.25, 0.3) is 0 Å². The van der Waals surface area contributed by atoms with E-state index in [0.717, 1.165) is 18.5 Å². The van der Waals surface area contributed by atoms with E-state index >= 15 is 0 Å². The molecule has 4 heteroatoms. The van der Waals surface area contributed by atoms with E-state index in [1.807, 2.05) is 13.1 Å². The molecule has 0 aliphatic heterocycles. The number of fused-ring (bicyclic) bond motifs is 1. The summed E-state index contributed by atoms with van der Waals surface area (Å²) in [7, 11) is 1.88. The maximum atomic E-state index is 10.9. The molecule has 4 N–H and O–H groups in total. The number of carbonyl (C=O) groups is 1. The number of hydrogen-bond donors (Lipinski definition) is 3. The zero-order valence-electron chi connectivity index (χ0n) is 9.99. The van der Waals surface area contributed by atoms with Crippen LogP contribution in [0.5, 0.6) is 0 Å². The molecule has 92 valence electrons. The Hall–Kier alpha value is -1.55. The largest absolute Gasteiger partial charge is 0.481 e. The molecule has 1 aliphatic carbocycles. The van der Waals surface area contributed by atoms with Gasteiger partial charge < -0.3 is 16.2 Å². The monoisotopic (exact) mass is 234 g/mol. The van der Waals surface area contributed by atoms with Gasteiger partial charge in [0.25, 0.3) is 0 Å². The highest BCUT2D eigenvalue weighted by Crippen LogP contribution is 2.39. The number of nitrogens with two attached hydrogens (primary N) is 1. The average Bonchev–Trinajstić information content (AvgIpc) is 2.65. The first kappa shape index (κ1) is 11.9. The minimum Gasteiger partial charge on any atom is -0.481 e. The van der Waals surface area contributed by atoms with Gasteiger partial charge in [-0.2, -0.15) is 0 Å². The van der Waals surface area contributed by atoms with Crippen LogP contribution < -0.4 is 11.1 Å². The van der Waals surface area contributed by atoms with Crippen LogP contribution in [0.4, 0.5) is 5.69 Å². The number of nitrogens with one attached hydrogen (secondary N) is 1. The van der Waals surface area contributed by atoms with Crippen molar-refractivity contribution in [2.45, 2.75) is 19.3 Å². The van der Waals surface area contributed by atoms with Gasteiger partial charge in [0.2, 0.25) is 0 Å². The van der Waals surface area contributed by atoms with Gasteiger partial charge in [0.15, 0.2) is 0 Å². The number of carboxylic acid groups (broad SMARTS) is 1. The van der Waals surface area contributed by atoms with Crippen molar-refractivity contribution in [2.24, 2.45) is 11.1 Å². The molecule has 4 nitrogen and oxygen atoms in total. The van der Waals surface area contributed by atoms with Crippen LogP contribution in [0.2, 0.25) is 0 Å². The zero-order valence-corrected chi connectivity index (χ0v) is 9.99. The number of aliphatic carboxylic acids is 1. The minimum absolute atomic E-state index is 0.146. The Balaban J connectivity index is 2.26. The normalized spacial score (nSPS) is 22.2. The minimum atomic E-state index is -0.767. The molecular formula is C13H18N2O2. The molecule has 0 heterocycles. The van der Waals surface area contributed by atoms with Crippen molar-refractivity contribution in [2.75, 3.05) is 18.9 Å². The summed E-state index contributed by atoms with van der Waals surface area (Å²) in [4.78, 5) is 10.9. The van der Waals surface area contributed by atoms with Crippen molar-refractivity contribution < 1.29 is 9.90 Å². The first-order valence-electron chi connectivity index (χ1n) is 5.80. The highest BCUT2D eigenvalue weighted by atomic mass is 16.4. The van der Waals surface area contributed by atoms with Crippen LogP contribution in [0.3, 0.4) is 0 Å². The summed E-state index contributed by atoms with van der Waals surface area (Å²) in [6.45, 7) is 0.420. The number of anilines is 1. The predicted octanol–water partition coefficient (Wildman–Crippen LogP) is 1.25. The van der Waals surface area contributed by atoms with Crippen LogP contribution in [0.15, 0.2) is 18.2 Å². The van der Waals surface area contributed by atoms with Gasteiger partial charge in [-0.05, 0) is 42.6 Å². The van der Waals surface area contributed by atoms with E-state index < -0.39 is 5.97 Å². The molecule has 17 heavy (non-hydrogen) atoms. The quantitative estimate of drug-likeness (QED) is 0.733. The van der Waals surface area contributed by atoms with Gasteiger partial charge in [-0.1, -0.05) is 6.07 Å². The summed E-state index contributed by atoms with van der Waals surface area (Å²) in [6, 6.07) is 6.18. The molecule has 0 aromatic heterocycles. The fourth-order valence-electron chi connectivity index (χ4n) is 2.65. The lowest BCUT2D eigenvalue weighted by Crippen LogP contribution is -2.33. The van der Waals surface area contributed by atoms with E-state index in [-0.39, 0.29) is 11.8 Å². The van der Waals surface area contributed by atoms with Gasteiger partial charge in [0, 0.05) is 18.2 Å². The molecule has 1 unspecified atom stereocenters. The molecule has 0 amide bonds. The first-order chi connectivity index (χ1) is 8.08. The average molecular weight is 234 g/mol. The van der Waals surface area contributed by atoms with Crippen LogP contribution in [0.1, 0.15) is 17.5 Å². The lowest BCUT2D eigenvalue weighted by Gasteiger charge is -2.24. The summed E-state index contributed by atoms with van der Waals surface area (Å²) in [5.74, 6) is -0.767. The number of benzene rings is 1. The SMILES string of the molecule is CNc1ccc2c(c1)CC(CN)(CC(=O)O)C2. The van der Waals surface area contributed by atoms with Crippen molar-refractivity contribution in [1.82, 2.24) is 0 Å². The molecule has 0 bridgehead atoms. The van der Waals surface area contributed by atoms with Crippen LogP contribution in [-0.2, 0) is 17.6 Å². The van der Waals surface area contributed by atoms with Crippen molar-refractivity contribution in [1.29, 1.82) is 0 Å². The standard InChI is InChI=1S/C13H18N2O2/c1-15-11-3-2-9-5-13(8-14,7-12(16)17)6-10(9)4-11/h2-4,15H,5-8,14H2,1H3,(H,16,17). The number of rotatable bonds is 4. The molecule has 1 aromatic carbocycles. The highest BCUT2D eigenvalue weighted by molar-refractivity contribution is 5.68. The van der Waals surface area contributed by atoms with Crippen LogP contribution in [0, 0.1) is 5.41 Å². The molecular weight excluding hydrogens is 216 g/mol. The number of hydrogen-bond acceptors (Lipinski definition) is 3. The van der Waals surface area contributed by atoms with Gasteiger partial charge in [0.05, 0.1) is 6.42 Å². The van der Waals surface area contributed by atoms with E-state index in [9.17, 15) is 4.79 Å². The molecule has 0 fully saturated rings. The molecule has 0 saturated heterocycles. The zero-order chi connectivity index (χ0) is 12.5. The Bertz CT molecular complexity index is 445. The van der Waals surface area contributed by atoms with Crippen molar-refractivity contribution >= 4 is 11.7 Å². The lowest BCUT2D eigenvalue weighted by molar-refractivity contribution is -0.139. The summed E-state index contributed by atoms with van der Waals surface area (Å²) in [5.41, 5.74) is 9.02. The van der Waals surface area contributed by atoms with Gasteiger partial charge in [-0.25, -0.2) is 0 Å². The van der Waals surface area contributed by atoms with Crippen LogP contribution in [-0.4, -0.2) is 24.7 Å². The second-order valence-electron chi connectivity index (χ2n) is 4.86. The van der Waals surface area contributed by atoms with E-state index in [0.29, 0.717) is 6.54 Å². The third kappa shape index (κ3) is 2.26. The Kier molecular flexibility index (Phi) is 3.07. The van der Waals surface area contributed by atoms with Crippen LogP contribution >= 0.6 is 0 Å². The van der Waals surface area contributed by atoms with E-state index in [1.165, 1.54) is 11.1 Å². The Morgan fingerprint density at radius 2 is 2.18 bits per heavy atom. The summed E-state index contributed by atoms with van der Waals surface area (Å²) >= 11 is 0. The molecule has 1 atom stereocenters. The highest BCUT2D eigenvalue weighted by Gasteiger charge is 2.38. The summed E-state index contributed by atoms with van der Waals surface area (Å²) in [5, 5.41) is 12.1. The molecule has 0 spiro atoms. The molecule has 0 saturated carbocycles. The Morgan fingerprint density at radius 1 is 1.47 bits per heavy atom. The van der Waals surface area contributed by atoms with E-state index in [2.05, 4.69) is 17.4 Å². The van der Waals surface area contributed by atoms with Crippen molar-refractivity contribution in [3.8, 4) is 0 Å². The van der Waals surface area contributed by atoms with Gasteiger partial charge in [0.1, 0.15) is 0 Å². The maximum absolute atomic E-state index is 10.9. The Morgan fingerprint density at radius 3 is 2.76 bits per heavy atom. The molecule has 2 rings (SSSR count). The summed E-state index contributed by atoms with van der Waals surface area (Å²) in [6.07, 6.45) is 1.68. The number of carboxylic acids is 1.